The molecule has 2 atom stereocenters. The largest absolute Gasteiger partial charge is 0.383 e. The second-order valence-corrected chi connectivity index (χ2v) is 6.96. The molecular formula is C19H27N3O3. The second kappa shape index (κ2) is 7.87. The highest BCUT2D eigenvalue weighted by molar-refractivity contribution is 5.84. The molecule has 1 saturated heterocycles. The van der Waals surface area contributed by atoms with Gasteiger partial charge in [0, 0.05) is 26.7 Å². The van der Waals surface area contributed by atoms with Crippen molar-refractivity contribution in [3.8, 4) is 0 Å². The van der Waals surface area contributed by atoms with Gasteiger partial charge in [-0.1, -0.05) is 31.2 Å². The molecule has 0 spiro atoms. The summed E-state index contributed by atoms with van der Waals surface area (Å²) in [6, 6.07) is 8.14. The summed E-state index contributed by atoms with van der Waals surface area (Å²) in [5.41, 5.74) is 2.50. The zero-order valence-electron chi connectivity index (χ0n) is 15.0. The third kappa shape index (κ3) is 3.95. The molecule has 0 saturated carbocycles. The topological polar surface area (TPSA) is 61.9 Å². The highest BCUT2D eigenvalue weighted by Gasteiger charge is 2.32. The maximum Gasteiger partial charge on any atom is 0.318 e. The van der Waals surface area contributed by atoms with E-state index in [-0.39, 0.29) is 24.5 Å². The van der Waals surface area contributed by atoms with Gasteiger partial charge in [0.25, 0.3) is 0 Å². The number of urea groups is 1. The number of methoxy groups -OCH3 is 1. The zero-order valence-corrected chi connectivity index (χ0v) is 15.0. The standard InChI is InChI=1S/C19H27N3O3/c1-14-12-15-6-3-4-7-16(15)18(14)20-19(24)22-9-5-8-21(10-11-25-2)17(23)13-22/h3-4,6-7,14,18H,5,8-13H2,1-2H3,(H,20,24). The fourth-order valence-electron chi connectivity index (χ4n) is 3.77. The van der Waals surface area contributed by atoms with Crippen LogP contribution in [0.4, 0.5) is 4.79 Å². The van der Waals surface area contributed by atoms with Gasteiger partial charge in [-0.25, -0.2) is 4.79 Å². The second-order valence-electron chi connectivity index (χ2n) is 6.96. The minimum Gasteiger partial charge on any atom is -0.383 e. The first-order valence-corrected chi connectivity index (χ1v) is 9.00. The van der Waals surface area contributed by atoms with Crippen LogP contribution in [-0.4, -0.2) is 61.6 Å². The van der Waals surface area contributed by atoms with Gasteiger partial charge in [-0.3, -0.25) is 4.79 Å². The molecule has 2 unspecified atom stereocenters. The van der Waals surface area contributed by atoms with Crippen molar-refractivity contribution in [1.29, 1.82) is 0 Å². The van der Waals surface area contributed by atoms with Crippen molar-refractivity contribution in [2.45, 2.75) is 25.8 Å². The highest BCUT2D eigenvalue weighted by Crippen LogP contribution is 2.35. The summed E-state index contributed by atoms with van der Waals surface area (Å²) in [6.07, 6.45) is 1.77. The fourth-order valence-corrected chi connectivity index (χ4v) is 3.77. The van der Waals surface area contributed by atoms with Gasteiger partial charge in [0.2, 0.25) is 5.91 Å². The van der Waals surface area contributed by atoms with Crippen molar-refractivity contribution in [3.63, 3.8) is 0 Å². The Morgan fingerprint density at radius 3 is 2.92 bits per heavy atom. The molecule has 136 valence electrons. The summed E-state index contributed by atoms with van der Waals surface area (Å²) in [5, 5.41) is 3.15. The van der Waals surface area contributed by atoms with Crippen LogP contribution in [0.2, 0.25) is 0 Å². The van der Waals surface area contributed by atoms with Crippen molar-refractivity contribution in [1.82, 2.24) is 15.1 Å². The summed E-state index contributed by atoms with van der Waals surface area (Å²) in [6.45, 7) is 4.67. The third-order valence-electron chi connectivity index (χ3n) is 5.17. The minimum absolute atomic E-state index is 0.00966. The molecule has 1 aromatic rings. The monoisotopic (exact) mass is 345 g/mol. The van der Waals surface area contributed by atoms with E-state index in [1.807, 2.05) is 12.1 Å². The Balaban J connectivity index is 1.63. The number of nitrogens with zero attached hydrogens (tertiary/aromatic N) is 2. The predicted octanol–water partition coefficient (Wildman–Crippen LogP) is 1.81. The normalized spacial score (nSPS) is 23.4. The smallest absolute Gasteiger partial charge is 0.318 e. The molecule has 1 fully saturated rings. The molecule has 6 heteroatoms. The van der Waals surface area contributed by atoms with Crippen LogP contribution in [0.15, 0.2) is 24.3 Å². The summed E-state index contributed by atoms with van der Waals surface area (Å²) in [7, 11) is 1.63. The Morgan fingerprint density at radius 1 is 1.32 bits per heavy atom. The van der Waals surface area contributed by atoms with Crippen LogP contribution in [0.1, 0.15) is 30.5 Å². The fraction of sp³-hybridized carbons (Fsp3) is 0.579. The molecular weight excluding hydrogens is 318 g/mol. The number of carbonyl (C=O) groups excluding carboxylic acids is 2. The SMILES string of the molecule is COCCN1CCCN(C(=O)NC2c3ccccc3CC2C)CC1=O. The molecule has 1 aromatic carbocycles. The van der Waals surface area contributed by atoms with E-state index in [1.54, 1.807) is 16.9 Å². The van der Waals surface area contributed by atoms with Crippen LogP contribution in [0, 0.1) is 5.92 Å². The number of ether oxygens (including phenoxy) is 1. The van der Waals surface area contributed by atoms with E-state index in [1.165, 1.54) is 11.1 Å². The van der Waals surface area contributed by atoms with Gasteiger partial charge in [-0.15, -0.1) is 0 Å². The van der Waals surface area contributed by atoms with E-state index in [0.29, 0.717) is 32.2 Å². The van der Waals surface area contributed by atoms with Crippen molar-refractivity contribution >= 4 is 11.9 Å². The van der Waals surface area contributed by atoms with Crippen LogP contribution in [0.5, 0.6) is 0 Å². The van der Waals surface area contributed by atoms with Crippen LogP contribution in [0.3, 0.4) is 0 Å². The van der Waals surface area contributed by atoms with Crippen LogP contribution in [0.25, 0.3) is 0 Å². The molecule has 25 heavy (non-hydrogen) atoms. The Bertz CT molecular complexity index is 634. The number of nitrogens with one attached hydrogen (secondary N) is 1. The van der Waals surface area contributed by atoms with Crippen molar-refractivity contribution in [3.05, 3.63) is 35.4 Å². The number of rotatable bonds is 4. The van der Waals surface area contributed by atoms with Crippen molar-refractivity contribution < 1.29 is 14.3 Å². The van der Waals surface area contributed by atoms with Gasteiger partial charge < -0.3 is 19.9 Å². The van der Waals surface area contributed by atoms with E-state index in [2.05, 4.69) is 24.4 Å². The number of hydrogen-bond acceptors (Lipinski definition) is 3. The molecule has 0 radical (unpaired) electrons. The minimum atomic E-state index is -0.143. The molecule has 1 aliphatic heterocycles. The van der Waals surface area contributed by atoms with Gasteiger partial charge in [0.1, 0.15) is 6.54 Å². The summed E-state index contributed by atoms with van der Waals surface area (Å²) in [5.74, 6) is 0.354. The lowest BCUT2D eigenvalue weighted by Crippen LogP contribution is -2.46. The number of hydrogen-bond donors (Lipinski definition) is 1. The number of fused-ring (bicyclic) bond motifs is 1. The lowest BCUT2D eigenvalue weighted by Gasteiger charge is -2.25. The summed E-state index contributed by atoms with van der Waals surface area (Å²) in [4.78, 5) is 28.6. The van der Waals surface area contributed by atoms with Gasteiger partial charge in [0.05, 0.1) is 12.6 Å². The molecule has 1 heterocycles. The molecule has 0 bridgehead atoms. The molecule has 3 amide bonds. The first kappa shape index (κ1) is 17.7. The van der Waals surface area contributed by atoms with E-state index >= 15 is 0 Å². The summed E-state index contributed by atoms with van der Waals surface area (Å²) >= 11 is 0. The first-order valence-electron chi connectivity index (χ1n) is 9.00. The van der Waals surface area contributed by atoms with Crippen LogP contribution < -0.4 is 5.32 Å². The lowest BCUT2D eigenvalue weighted by molar-refractivity contribution is -0.131. The van der Waals surface area contributed by atoms with E-state index in [4.69, 9.17) is 4.74 Å². The maximum absolute atomic E-state index is 12.7. The Kier molecular flexibility index (Phi) is 5.58. The molecule has 1 N–H and O–H groups in total. The first-order chi connectivity index (χ1) is 12.1. The highest BCUT2D eigenvalue weighted by atomic mass is 16.5. The summed E-state index contributed by atoms with van der Waals surface area (Å²) < 4.78 is 5.05. The zero-order chi connectivity index (χ0) is 17.8. The number of benzene rings is 1. The third-order valence-corrected chi connectivity index (χ3v) is 5.17. The van der Waals surface area contributed by atoms with Gasteiger partial charge >= 0.3 is 6.03 Å². The maximum atomic E-state index is 12.7. The molecule has 3 rings (SSSR count). The van der Waals surface area contributed by atoms with Gasteiger partial charge in [-0.2, -0.15) is 0 Å². The van der Waals surface area contributed by atoms with Crippen LogP contribution >= 0.6 is 0 Å². The Morgan fingerprint density at radius 2 is 2.12 bits per heavy atom. The van der Waals surface area contributed by atoms with Gasteiger partial charge in [0.15, 0.2) is 0 Å². The molecule has 0 aromatic heterocycles. The van der Waals surface area contributed by atoms with Gasteiger partial charge in [-0.05, 0) is 29.9 Å². The van der Waals surface area contributed by atoms with Crippen LogP contribution in [-0.2, 0) is 16.0 Å². The Hall–Kier alpha value is -2.08. The molecule has 2 aliphatic rings. The predicted molar refractivity (Wildman–Crippen MR) is 95.2 cm³/mol. The molecule has 6 nitrogen and oxygen atoms in total. The average molecular weight is 345 g/mol. The van der Waals surface area contributed by atoms with E-state index in [0.717, 1.165) is 12.8 Å². The number of carbonyl (C=O) groups is 2. The van der Waals surface area contributed by atoms with E-state index < -0.39 is 0 Å². The molecule has 1 aliphatic carbocycles. The van der Waals surface area contributed by atoms with E-state index in [9.17, 15) is 9.59 Å². The average Bonchev–Trinajstić information content (AvgIpc) is 2.79. The van der Waals surface area contributed by atoms with Crippen molar-refractivity contribution in [2.24, 2.45) is 5.92 Å². The lowest BCUT2D eigenvalue weighted by atomic mass is 10.0. The van der Waals surface area contributed by atoms with Crippen molar-refractivity contribution in [2.75, 3.05) is 39.9 Å². The quantitative estimate of drug-likeness (QED) is 0.905. The number of amides is 3. The Labute approximate surface area is 149 Å².